The Balaban J connectivity index is 0.00000512. The molecule has 0 aromatic heterocycles. The molecule has 0 heterocycles. The van der Waals surface area contributed by atoms with Gasteiger partial charge in [-0.05, 0) is 45.5 Å². The summed E-state index contributed by atoms with van der Waals surface area (Å²) in [5.74, 6) is -22.0. The summed E-state index contributed by atoms with van der Waals surface area (Å²) in [5, 5.41) is 102. The van der Waals surface area contributed by atoms with Gasteiger partial charge in [0.15, 0.2) is 0 Å². The van der Waals surface area contributed by atoms with Crippen LogP contribution in [-0.4, -0.2) is 72.3 Å². The minimum atomic E-state index is -5.18. The Bertz CT molecular complexity index is 2430. The Morgan fingerprint density at radius 3 is 0.719 bits per heavy atom. The Morgan fingerprint density at radius 1 is 0.359 bits per heavy atom. The molecular weight excluding hydrogens is 973 g/mol. The van der Waals surface area contributed by atoms with E-state index in [0.717, 1.165) is 31.2 Å². The first-order chi connectivity index (χ1) is 27.2. The summed E-state index contributed by atoms with van der Waals surface area (Å²) in [4.78, 5) is 0. The van der Waals surface area contributed by atoms with E-state index in [1.54, 1.807) is 0 Å². The molecule has 8 N–H and O–H groups in total. The number of phenols is 4. The van der Waals surface area contributed by atoms with Crippen molar-refractivity contribution in [3.05, 3.63) is 91.0 Å². The summed E-state index contributed by atoms with van der Waals surface area (Å²) in [7, 11) is -20.6. The van der Waals surface area contributed by atoms with Crippen molar-refractivity contribution >= 4 is 40.5 Å². The summed E-state index contributed by atoms with van der Waals surface area (Å²) in [6, 6.07) is 3.75. The van der Waals surface area contributed by atoms with Crippen molar-refractivity contribution in [1.82, 2.24) is 0 Å². The molecule has 0 saturated heterocycles. The van der Waals surface area contributed by atoms with Crippen molar-refractivity contribution in [2.24, 2.45) is 0 Å². The van der Waals surface area contributed by atoms with E-state index < -0.39 is 200 Å². The predicted molar refractivity (Wildman–Crippen MR) is 201 cm³/mol. The number of phenolic OH excluding ortho intramolecular Hbond substituents is 4. The molecule has 328 valence electrons. The van der Waals surface area contributed by atoms with Gasteiger partial charge in [-0.3, -0.25) is 18.2 Å². The SMILES string of the molecule is CC1c2cc(c([O-])c(CS(=O)(=O)O)c2[O-])C(C)c2cc(c(O)c(CS(=O)(=O)O)c2O)C(C)c2cc(c(O)c(CS(=O)(=O)O)c2O)C(C)c2cc1c([O-])c(CS(=O)(=O)O)c2[O-].[Na+].[Na+].[Na+].[Na+]. The quantitative estimate of drug-likeness (QED) is 0.0600. The number of aromatic hydroxyl groups is 4. The molecule has 1 aliphatic carbocycles. The first kappa shape index (κ1) is 60.9. The van der Waals surface area contributed by atoms with Gasteiger partial charge in [0, 0.05) is 45.9 Å². The fourth-order valence-corrected chi connectivity index (χ4v) is 10.1. The Kier molecular flexibility index (Phi) is 20.7. The molecule has 0 spiro atoms. The molecule has 5 rings (SSSR count). The molecule has 4 aromatic carbocycles. The van der Waals surface area contributed by atoms with Crippen molar-refractivity contribution in [2.45, 2.75) is 74.4 Å². The van der Waals surface area contributed by atoms with Gasteiger partial charge in [0.2, 0.25) is 0 Å². The molecule has 0 fully saturated rings. The van der Waals surface area contributed by atoms with Crippen LogP contribution in [0.2, 0.25) is 0 Å². The van der Waals surface area contributed by atoms with E-state index >= 15 is 0 Å². The summed E-state index contributed by atoms with van der Waals surface area (Å²) in [5.41, 5.74) is -7.96. The van der Waals surface area contributed by atoms with Crippen molar-refractivity contribution in [3.8, 4) is 46.0 Å². The molecule has 0 radical (unpaired) electrons. The van der Waals surface area contributed by atoms with E-state index in [9.17, 15) is 92.7 Å². The zero-order valence-corrected chi connectivity index (χ0v) is 46.8. The van der Waals surface area contributed by atoms with E-state index in [4.69, 9.17) is 0 Å². The second-order valence-electron chi connectivity index (χ2n) is 14.6. The van der Waals surface area contributed by atoms with Crippen molar-refractivity contribution < 1.29 is 211 Å². The molecule has 20 nitrogen and oxygen atoms in total. The summed E-state index contributed by atoms with van der Waals surface area (Å²) < 4.78 is 136. The second kappa shape index (κ2) is 21.7. The van der Waals surface area contributed by atoms with E-state index in [-0.39, 0.29) is 118 Å². The van der Waals surface area contributed by atoms with Crippen LogP contribution >= 0.6 is 0 Å². The number of rotatable bonds is 8. The molecule has 0 amide bonds. The van der Waals surface area contributed by atoms with Crippen molar-refractivity contribution in [3.63, 3.8) is 0 Å². The van der Waals surface area contributed by atoms with Crippen LogP contribution in [0.4, 0.5) is 0 Å². The van der Waals surface area contributed by atoms with Gasteiger partial charge in [0.1, 0.15) is 34.5 Å². The molecule has 64 heavy (non-hydrogen) atoms. The number of benzene rings is 4. The monoisotopic (exact) mass is 1010 g/mol. The van der Waals surface area contributed by atoms with Crippen LogP contribution in [0.1, 0.15) is 118 Å². The van der Waals surface area contributed by atoms with Crippen LogP contribution in [0, 0.1) is 0 Å². The maximum atomic E-state index is 14.0. The average molecular weight is 1010 g/mol. The number of hydrogen-bond donors (Lipinski definition) is 8. The molecule has 1 aliphatic rings. The van der Waals surface area contributed by atoms with Gasteiger partial charge in [-0.2, -0.15) is 33.7 Å². The molecule has 0 saturated carbocycles. The molecule has 8 bridgehead atoms. The van der Waals surface area contributed by atoms with Crippen LogP contribution in [-0.2, 0) is 63.5 Å². The van der Waals surface area contributed by atoms with Gasteiger partial charge in [0.05, 0.1) is 22.6 Å². The molecule has 2 unspecified atom stereocenters. The van der Waals surface area contributed by atoms with Crippen LogP contribution in [0.25, 0.3) is 0 Å². The Hall–Kier alpha value is -1.08. The minimum absolute atomic E-state index is 0. The van der Waals surface area contributed by atoms with Gasteiger partial charge in [-0.25, -0.2) is 0 Å². The number of hydrogen-bond acceptors (Lipinski definition) is 16. The molecule has 2 atom stereocenters. The molecule has 0 aliphatic heterocycles. The standard InChI is InChI=1S/C36H40O20S4.4Na/c1-13-17-5-19(31(39)25(29(17)37)9-57(45,46)47)14(2)21-7-23(35(43)27(33(21)41)11-59(51,52)53)16(4)24-8-22(34(42)28(36(24)44)12-60(54,55)56)15(3)20-6-18(13)30(38)26(32(20)40)10-58(48,49)50;;;;/h5-8,13-16,37-44H,9-12H2,1-4H3,(H,45,46,47)(H,48,49,50)(H,51,52,53)(H,54,55,56);;;;/q;4*+1/p-4. The second-order valence-corrected chi connectivity index (χ2v) is 20.4. The van der Waals surface area contributed by atoms with Gasteiger partial charge in [0.25, 0.3) is 40.5 Å². The zero-order chi connectivity index (χ0) is 45.5. The third-order valence-electron chi connectivity index (χ3n) is 10.7. The van der Waals surface area contributed by atoms with Crippen LogP contribution < -0.4 is 139 Å². The topological polar surface area (TPSA) is 391 Å². The third-order valence-corrected chi connectivity index (χ3v) is 13.3. The van der Waals surface area contributed by atoms with Crippen molar-refractivity contribution in [2.75, 3.05) is 0 Å². The smallest absolute Gasteiger partial charge is 0.872 e. The maximum Gasteiger partial charge on any atom is 1.00 e. The zero-order valence-electron chi connectivity index (χ0n) is 35.6. The van der Waals surface area contributed by atoms with Gasteiger partial charge in [-0.1, -0.05) is 39.8 Å². The van der Waals surface area contributed by atoms with Crippen LogP contribution in [0.3, 0.4) is 0 Å². The van der Waals surface area contributed by atoms with E-state index in [1.165, 1.54) is 20.8 Å². The largest absolute Gasteiger partial charge is 1.00 e. The fourth-order valence-electron chi connectivity index (χ4n) is 7.57. The number of fused-ring (bicyclic) bond motifs is 8. The van der Waals surface area contributed by atoms with E-state index in [0.29, 0.717) is 0 Å². The van der Waals surface area contributed by atoms with Crippen LogP contribution in [0.5, 0.6) is 46.0 Å². The Morgan fingerprint density at radius 2 is 0.516 bits per heavy atom. The minimum Gasteiger partial charge on any atom is -0.872 e. The third kappa shape index (κ3) is 12.8. The predicted octanol–water partition coefficient (Wildman–Crippen LogP) is -10.7. The van der Waals surface area contributed by atoms with Gasteiger partial charge >= 0.3 is 118 Å². The molecule has 4 aromatic rings. The van der Waals surface area contributed by atoms with E-state index in [1.807, 2.05) is 0 Å². The van der Waals surface area contributed by atoms with Gasteiger partial charge < -0.3 is 40.9 Å². The molecule has 28 heteroatoms. The fraction of sp³-hybridized carbons (Fsp3) is 0.333. The summed E-state index contributed by atoms with van der Waals surface area (Å²) in [6.45, 7) is 4.74. The van der Waals surface area contributed by atoms with Crippen molar-refractivity contribution in [1.29, 1.82) is 0 Å². The Labute approximate surface area is 456 Å². The summed E-state index contributed by atoms with van der Waals surface area (Å²) >= 11 is 0. The first-order valence-corrected chi connectivity index (χ1v) is 23.7. The summed E-state index contributed by atoms with van der Waals surface area (Å²) in [6.07, 6.45) is 0. The van der Waals surface area contributed by atoms with E-state index in [2.05, 4.69) is 0 Å². The van der Waals surface area contributed by atoms with Crippen LogP contribution in [0.15, 0.2) is 24.3 Å². The normalized spacial score (nSPS) is 17.5. The average Bonchev–Trinajstić information content (AvgIpc) is 3.09. The molecular formula is C36H36Na4O20S4. The maximum absolute atomic E-state index is 14.0. The van der Waals surface area contributed by atoms with Gasteiger partial charge in [-0.15, -0.1) is 23.0 Å². The first-order valence-electron chi connectivity index (χ1n) is 17.3.